The van der Waals surface area contributed by atoms with Crippen molar-refractivity contribution in [2.75, 3.05) is 11.9 Å². The van der Waals surface area contributed by atoms with Crippen LogP contribution in [0.3, 0.4) is 0 Å². The number of anilines is 1. The van der Waals surface area contributed by atoms with Gasteiger partial charge in [0.05, 0.1) is 12.6 Å². The summed E-state index contributed by atoms with van der Waals surface area (Å²) in [6, 6.07) is 5.11. The third-order valence-electron chi connectivity index (χ3n) is 4.25. The fourth-order valence-electron chi connectivity index (χ4n) is 2.51. The molecule has 1 rings (SSSR count). The zero-order chi connectivity index (χ0) is 21.1. The van der Waals surface area contributed by atoms with Crippen molar-refractivity contribution in [2.45, 2.75) is 51.8 Å². The van der Waals surface area contributed by atoms with Crippen LogP contribution in [-0.2, 0) is 16.2 Å². The van der Waals surface area contributed by atoms with Gasteiger partial charge in [0, 0.05) is 24.7 Å². The van der Waals surface area contributed by atoms with E-state index in [2.05, 4.69) is 16.0 Å². The Bertz CT molecular complexity index is 648. The maximum atomic E-state index is 12.4. The summed E-state index contributed by atoms with van der Waals surface area (Å²) in [4.78, 5) is 35.4. The van der Waals surface area contributed by atoms with Crippen molar-refractivity contribution < 1.29 is 19.5 Å². The predicted molar refractivity (Wildman–Crippen MR) is 107 cm³/mol. The average molecular weight is 393 g/mol. The zero-order valence-electron chi connectivity index (χ0n) is 16.4. The third-order valence-corrected chi connectivity index (χ3v) is 4.25. The minimum atomic E-state index is -0.666. The van der Waals surface area contributed by atoms with E-state index in [0.717, 1.165) is 5.56 Å². The summed E-state index contributed by atoms with van der Waals surface area (Å²) in [5, 5.41) is 17.1. The van der Waals surface area contributed by atoms with Gasteiger partial charge in [-0.2, -0.15) is 0 Å². The maximum absolute atomic E-state index is 12.4. The molecule has 2 atom stereocenters. The molecule has 9 nitrogen and oxygen atoms in total. The summed E-state index contributed by atoms with van der Waals surface area (Å²) in [5.41, 5.74) is 12.3. The summed E-state index contributed by atoms with van der Waals surface area (Å²) in [7, 11) is 0. The van der Waals surface area contributed by atoms with Gasteiger partial charge in [-0.1, -0.05) is 26.0 Å². The highest BCUT2D eigenvalue weighted by Crippen LogP contribution is 2.12. The van der Waals surface area contributed by atoms with Crippen LogP contribution < -0.4 is 27.4 Å². The quantitative estimate of drug-likeness (QED) is 0.300. The van der Waals surface area contributed by atoms with E-state index < -0.39 is 18.1 Å². The highest BCUT2D eigenvalue weighted by Gasteiger charge is 2.22. The molecule has 0 bridgehead atoms. The van der Waals surface area contributed by atoms with Crippen LogP contribution >= 0.6 is 0 Å². The number of aliphatic hydroxyl groups excluding tert-OH is 1. The van der Waals surface area contributed by atoms with Crippen LogP contribution in [0.4, 0.5) is 10.5 Å². The van der Waals surface area contributed by atoms with E-state index in [9.17, 15) is 14.4 Å². The Morgan fingerprint density at radius 1 is 1.14 bits per heavy atom. The first kappa shape index (κ1) is 23.4. The van der Waals surface area contributed by atoms with Gasteiger partial charge in [0.2, 0.25) is 11.8 Å². The SMILES string of the molecule is CC(C)[C@H](N)C(=O)N[C@@H](CCCNC(N)=O)CC(=O)Nc1ccc(CO)cc1. The number of hydrogen-bond acceptors (Lipinski definition) is 5. The molecule has 9 heteroatoms. The number of carbonyl (C=O) groups is 3. The summed E-state index contributed by atoms with van der Waals surface area (Å²) < 4.78 is 0. The van der Waals surface area contributed by atoms with Gasteiger partial charge in [-0.3, -0.25) is 9.59 Å². The van der Waals surface area contributed by atoms with Gasteiger partial charge in [0.15, 0.2) is 0 Å². The van der Waals surface area contributed by atoms with Gasteiger partial charge >= 0.3 is 6.03 Å². The van der Waals surface area contributed by atoms with E-state index in [0.29, 0.717) is 25.1 Å². The molecule has 8 N–H and O–H groups in total. The lowest BCUT2D eigenvalue weighted by Crippen LogP contribution is -2.48. The van der Waals surface area contributed by atoms with E-state index in [-0.39, 0.29) is 30.8 Å². The second-order valence-corrected chi connectivity index (χ2v) is 7.02. The smallest absolute Gasteiger partial charge is 0.312 e. The van der Waals surface area contributed by atoms with Crippen LogP contribution in [-0.4, -0.2) is 41.6 Å². The molecule has 4 amide bonds. The van der Waals surface area contributed by atoms with Crippen LogP contribution in [0, 0.1) is 5.92 Å². The van der Waals surface area contributed by atoms with E-state index in [1.807, 2.05) is 13.8 Å². The monoisotopic (exact) mass is 393 g/mol. The van der Waals surface area contributed by atoms with Crippen molar-refractivity contribution in [3.63, 3.8) is 0 Å². The van der Waals surface area contributed by atoms with E-state index >= 15 is 0 Å². The highest BCUT2D eigenvalue weighted by atomic mass is 16.3. The Labute approximate surface area is 165 Å². The Kier molecular flexibility index (Phi) is 9.97. The molecular weight excluding hydrogens is 362 g/mol. The van der Waals surface area contributed by atoms with E-state index in [4.69, 9.17) is 16.6 Å². The standard InChI is InChI=1S/C19H31N5O4/c1-12(2)17(20)18(27)24-15(4-3-9-22-19(21)28)10-16(26)23-14-7-5-13(11-25)6-8-14/h5-8,12,15,17,25H,3-4,9-11,20H2,1-2H3,(H,23,26)(H,24,27)(H3,21,22,28)/t15-,17-/m0/s1. The van der Waals surface area contributed by atoms with Crippen LogP contribution in [0.1, 0.15) is 38.7 Å². The molecule has 156 valence electrons. The number of benzene rings is 1. The van der Waals surface area contributed by atoms with Crippen molar-refractivity contribution in [1.82, 2.24) is 10.6 Å². The summed E-state index contributed by atoms with van der Waals surface area (Å²) in [6.45, 7) is 3.97. The zero-order valence-corrected chi connectivity index (χ0v) is 16.4. The predicted octanol–water partition coefficient (Wildman–Crippen LogP) is 0.424. The maximum Gasteiger partial charge on any atom is 0.312 e. The summed E-state index contributed by atoms with van der Waals surface area (Å²) >= 11 is 0. The Balaban J connectivity index is 2.65. The lowest BCUT2D eigenvalue weighted by molar-refractivity contribution is -0.124. The first-order chi connectivity index (χ1) is 13.2. The van der Waals surface area contributed by atoms with Crippen molar-refractivity contribution in [3.05, 3.63) is 29.8 Å². The molecule has 28 heavy (non-hydrogen) atoms. The van der Waals surface area contributed by atoms with Crippen molar-refractivity contribution >= 4 is 23.5 Å². The second kappa shape index (κ2) is 11.9. The molecule has 0 saturated carbocycles. The number of rotatable bonds is 11. The number of primary amides is 1. The van der Waals surface area contributed by atoms with Gasteiger partial charge in [0.25, 0.3) is 0 Å². The minimum Gasteiger partial charge on any atom is -0.392 e. The normalized spacial score (nSPS) is 12.9. The molecular formula is C19H31N5O4. The molecule has 0 heterocycles. The van der Waals surface area contributed by atoms with E-state index in [1.165, 1.54) is 0 Å². The molecule has 0 saturated heterocycles. The molecule has 0 fully saturated rings. The van der Waals surface area contributed by atoms with Gasteiger partial charge in [0.1, 0.15) is 0 Å². The topological polar surface area (TPSA) is 160 Å². The van der Waals surface area contributed by atoms with Crippen LogP contribution in [0.2, 0.25) is 0 Å². The second-order valence-electron chi connectivity index (χ2n) is 7.02. The van der Waals surface area contributed by atoms with Crippen molar-refractivity contribution in [3.8, 4) is 0 Å². The number of carbonyl (C=O) groups excluding carboxylic acids is 3. The van der Waals surface area contributed by atoms with Gasteiger partial charge in [-0.25, -0.2) is 4.79 Å². The molecule has 0 unspecified atom stereocenters. The fourth-order valence-corrected chi connectivity index (χ4v) is 2.51. The molecule has 0 spiro atoms. The molecule has 0 radical (unpaired) electrons. The molecule has 0 aliphatic carbocycles. The lowest BCUT2D eigenvalue weighted by atomic mass is 10.0. The third kappa shape index (κ3) is 8.83. The fraction of sp³-hybridized carbons (Fsp3) is 0.526. The number of hydrogen-bond donors (Lipinski definition) is 6. The number of amides is 4. The van der Waals surface area contributed by atoms with Crippen molar-refractivity contribution in [2.24, 2.45) is 17.4 Å². The van der Waals surface area contributed by atoms with Gasteiger partial charge in [-0.15, -0.1) is 0 Å². The average Bonchev–Trinajstić information content (AvgIpc) is 2.64. The Morgan fingerprint density at radius 2 is 1.79 bits per heavy atom. The number of nitrogens with one attached hydrogen (secondary N) is 3. The number of aliphatic hydroxyl groups is 1. The largest absolute Gasteiger partial charge is 0.392 e. The summed E-state index contributed by atoms with van der Waals surface area (Å²) in [6.07, 6.45) is 1.09. The summed E-state index contributed by atoms with van der Waals surface area (Å²) in [5.74, 6) is -0.609. The molecule has 0 aliphatic heterocycles. The van der Waals surface area contributed by atoms with Gasteiger partial charge in [-0.05, 0) is 36.5 Å². The Hall–Kier alpha value is -2.65. The lowest BCUT2D eigenvalue weighted by Gasteiger charge is -2.22. The number of nitrogens with two attached hydrogens (primary N) is 2. The van der Waals surface area contributed by atoms with Crippen LogP contribution in [0.5, 0.6) is 0 Å². The molecule has 1 aromatic rings. The first-order valence-electron chi connectivity index (χ1n) is 9.31. The van der Waals surface area contributed by atoms with Crippen LogP contribution in [0.25, 0.3) is 0 Å². The first-order valence-corrected chi connectivity index (χ1v) is 9.31. The highest BCUT2D eigenvalue weighted by molar-refractivity contribution is 5.91. The van der Waals surface area contributed by atoms with Crippen LogP contribution in [0.15, 0.2) is 24.3 Å². The van der Waals surface area contributed by atoms with Gasteiger partial charge < -0.3 is 32.5 Å². The molecule has 0 aliphatic rings. The van der Waals surface area contributed by atoms with Crippen molar-refractivity contribution in [1.29, 1.82) is 0 Å². The number of urea groups is 1. The van der Waals surface area contributed by atoms with E-state index in [1.54, 1.807) is 24.3 Å². The molecule has 1 aromatic carbocycles. The Morgan fingerprint density at radius 3 is 2.32 bits per heavy atom. The minimum absolute atomic E-state index is 0.0314. The molecule has 0 aromatic heterocycles.